The summed E-state index contributed by atoms with van der Waals surface area (Å²) in [5, 5.41) is 0. The van der Waals surface area contributed by atoms with Gasteiger partial charge in [0.05, 0.1) is 0 Å². The van der Waals surface area contributed by atoms with E-state index in [0.717, 1.165) is 18.3 Å². The molecule has 0 radical (unpaired) electrons. The smallest absolute Gasteiger partial charge is 0.284 e. The molecule has 6 heteroatoms. The van der Waals surface area contributed by atoms with Crippen molar-refractivity contribution in [3.63, 3.8) is 0 Å². The minimum absolute atomic E-state index is 0.174. The minimum atomic E-state index is -4.77. The molecular weight excluding hydrogens is 543 g/mol. The lowest BCUT2D eigenvalue weighted by molar-refractivity contribution is -0.350. The molecule has 0 spiro atoms. The first-order chi connectivity index (χ1) is 15.7. The first-order valence-electron chi connectivity index (χ1n) is 13.2. The molecule has 0 aromatic carbocycles. The molecule has 4 aliphatic rings. The van der Waals surface area contributed by atoms with Crippen LogP contribution in [-0.4, -0.2) is 27.1 Å². The number of rotatable bonds is 5. The molecule has 190 valence electrons. The predicted molar refractivity (Wildman–Crippen MR) is 135 cm³/mol. The van der Waals surface area contributed by atoms with Gasteiger partial charge in [-0.15, -0.1) is 33.9 Å². The van der Waals surface area contributed by atoms with Gasteiger partial charge in [-0.3, -0.25) is 4.74 Å². The van der Waals surface area contributed by atoms with E-state index in [1.807, 2.05) is 0 Å². The van der Waals surface area contributed by atoms with Crippen LogP contribution in [0.1, 0.15) is 84.0 Å². The highest BCUT2D eigenvalue weighted by Crippen LogP contribution is 2.49. The summed E-state index contributed by atoms with van der Waals surface area (Å²) in [7, 11) is 0. The molecular formula is C27H41F4IO. The molecule has 3 fully saturated rings. The molecule has 0 N–H and O–H groups in total. The second kappa shape index (κ2) is 11.4. The zero-order valence-corrected chi connectivity index (χ0v) is 22.1. The summed E-state index contributed by atoms with van der Waals surface area (Å²) >= 11 is -0.755. The first kappa shape index (κ1) is 26.1. The summed E-state index contributed by atoms with van der Waals surface area (Å²) in [6, 6.07) is 0. The van der Waals surface area contributed by atoms with E-state index in [2.05, 4.69) is 28.3 Å². The van der Waals surface area contributed by atoms with Crippen LogP contribution in [-0.2, 0) is 4.74 Å². The highest BCUT2D eigenvalue weighted by atomic mass is 127. The van der Waals surface area contributed by atoms with Gasteiger partial charge in [0.2, 0.25) is 0 Å². The van der Waals surface area contributed by atoms with Crippen molar-refractivity contribution in [1.82, 2.24) is 0 Å². The van der Waals surface area contributed by atoms with Gasteiger partial charge in [-0.2, -0.15) is 0 Å². The Morgan fingerprint density at radius 2 is 1.48 bits per heavy atom. The molecule has 0 bridgehead atoms. The number of allylic oxidation sites excluding steroid dienone is 2. The molecule has 3 saturated carbocycles. The fourth-order valence-electron chi connectivity index (χ4n) is 7.73. The number of hydrogen-bond donors (Lipinski definition) is 0. The molecule has 0 aromatic rings. The minimum Gasteiger partial charge on any atom is -0.284 e. The maximum atomic E-state index is 14.9. The lowest BCUT2D eigenvalue weighted by atomic mass is 9.62. The van der Waals surface area contributed by atoms with Gasteiger partial charge >= 0.3 is 6.36 Å². The van der Waals surface area contributed by atoms with Gasteiger partial charge in [0.25, 0.3) is 0 Å². The molecule has 33 heavy (non-hydrogen) atoms. The first-order valence-corrected chi connectivity index (χ1v) is 16.0. The molecule has 9 atom stereocenters. The maximum Gasteiger partial charge on any atom is 0.522 e. The highest BCUT2D eigenvalue weighted by molar-refractivity contribution is 14.2. The van der Waals surface area contributed by atoms with E-state index in [0.29, 0.717) is 30.1 Å². The number of alkyl halides is 5. The van der Waals surface area contributed by atoms with Crippen LogP contribution in [0, 0.1) is 41.4 Å². The van der Waals surface area contributed by atoms with Crippen molar-refractivity contribution in [3.05, 3.63) is 12.2 Å². The van der Waals surface area contributed by atoms with Crippen molar-refractivity contribution < 1.29 is 22.3 Å². The maximum absolute atomic E-state index is 14.9. The number of hydrogen-bond acceptors (Lipinski definition) is 1. The summed E-state index contributed by atoms with van der Waals surface area (Å²) in [5.74, 6) is 4.18. The second-order valence-corrected chi connectivity index (χ2v) is 13.8. The van der Waals surface area contributed by atoms with Crippen LogP contribution in [0.25, 0.3) is 0 Å². The van der Waals surface area contributed by atoms with E-state index < -0.39 is 39.4 Å². The van der Waals surface area contributed by atoms with Crippen LogP contribution < -0.4 is 0 Å². The zero-order valence-electron chi connectivity index (χ0n) is 19.9. The van der Waals surface area contributed by atoms with Crippen LogP contribution in [0.15, 0.2) is 12.2 Å². The van der Waals surface area contributed by atoms with Gasteiger partial charge in [-0.25, -0.2) is 4.39 Å². The summed E-state index contributed by atoms with van der Waals surface area (Å²) in [4.78, 5) is 0. The quantitative estimate of drug-likeness (QED) is 0.136. The third-order valence-corrected chi connectivity index (χ3v) is 11.8. The number of halogens is 5. The molecule has 1 nitrogen and oxygen atoms in total. The third-order valence-electron chi connectivity index (χ3n) is 9.42. The predicted octanol–water partition coefficient (Wildman–Crippen LogP) is 8.63. The summed E-state index contributed by atoms with van der Waals surface area (Å²) in [6.07, 6.45) is 11.4. The van der Waals surface area contributed by atoms with E-state index in [-0.39, 0.29) is 16.3 Å². The van der Waals surface area contributed by atoms with Crippen molar-refractivity contribution in [2.24, 2.45) is 41.4 Å². The van der Waals surface area contributed by atoms with Crippen molar-refractivity contribution in [1.29, 1.82) is 0 Å². The summed E-state index contributed by atoms with van der Waals surface area (Å²) < 4.78 is 61.0. The molecule has 4 aliphatic carbocycles. The Morgan fingerprint density at radius 1 is 0.818 bits per heavy atom. The average molecular weight is 585 g/mol. The van der Waals surface area contributed by atoms with E-state index in [1.54, 1.807) is 0 Å². The van der Waals surface area contributed by atoms with Crippen LogP contribution in [0.4, 0.5) is 17.6 Å². The summed E-state index contributed by atoms with van der Waals surface area (Å²) in [5.41, 5.74) is 0. The fourth-order valence-corrected chi connectivity index (χ4v) is 9.84. The van der Waals surface area contributed by atoms with Gasteiger partial charge in [-0.05, 0) is 99.2 Å². The van der Waals surface area contributed by atoms with Crippen LogP contribution >= 0.6 is 20.7 Å². The fraction of sp³-hybridized carbons (Fsp3) is 0.889. The van der Waals surface area contributed by atoms with Crippen molar-refractivity contribution in [2.45, 2.75) is 107 Å². The molecule has 0 heterocycles. The lowest BCUT2D eigenvalue weighted by Crippen LogP contribution is -2.47. The zero-order chi connectivity index (χ0) is 23.6. The van der Waals surface area contributed by atoms with Gasteiger partial charge < -0.3 is 0 Å². The molecule has 4 rings (SSSR count). The van der Waals surface area contributed by atoms with Gasteiger partial charge in [-0.1, -0.05) is 42.9 Å². The van der Waals surface area contributed by atoms with Crippen molar-refractivity contribution in [2.75, 3.05) is 0 Å². The third kappa shape index (κ3) is 6.62. The number of ether oxygens (including phenoxy) is 1. The van der Waals surface area contributed by atoms with E-state index in [1.165, 1.54) is 57.8 Å². The van der Waals surface area contributed by atoms with E-state index >= 15 is 0 Å². The molecule has 0 saturated heterocycles. The standard InChI is InChI=1S/C27H41F4IO/c1-17-14-21(20-10-8-19(9-11-20)18-6-4-3-5-7-18)12-13-23(17)22-15-24(28)26(25(16-22)32-2)33-27(29,30)31/h8,10,17-26H,2-7,9,11-16H2,1H3/t17?,19?,20?,21?,22?,23?,24-,25?,26?/m0/s1. The Hall–Kier alpha value is 0.0200. The lowest BCUT2D eigenvalue weighted by Gasteiger charge is -2.46. The van der Waals surface area contributed by atoms with Gasteiger partial charge in [0.1, 0.15) is 12.3 Å². The normalized spacial score (nSPS) is 43.5. The molecule has 0 amide bonds. The van der Waals surface area contributed by atoms with Crippen LogP contribution in [0.2, 0.25) is 0 Å². The Balaban J connectivity index is 1.31. The molecule has 0 aromatic heterocycles. The van der Waals surface area contributed by atoms with Gasteiger partial charge in [0.15, 0.2) is 0 Å². The average Bonchev–Trinajstić information content (AvgIpc) is 2.80. The second-order valence-electron chi connectivity index (χ2n) is 11.3. The Labute approximate surface area is 207 Å². The topological polar surface area (TPSA) is 9.23 Å². The highest BCUT2D eigenvalue weighted by Gasteiger charge is 2.47. The molecule has 0 aliphatic heterocycles. The molecule has 8 unspecified atom stereocenters. The van der Waals surface area contributed by atoms with E-state index in [4.69, 9.17) is 0 Å². The SMILES string of the molecule is C=IC1CC(C2CCC(C3C=CC(C4CCCCC4)CC3)CC2C)C[C@H](F)C1OC(F)(F)F. The Kier molecular flexibility index (Phi) is 9.00. The van der Waals surface area contributed by atoms with Crippen molar-refractivity contribution >= 4 is 25.2 Å². The summed E-state index contributed by atoms with van der Waals surface area (Å²) in [6.45, 7) is 2.30. The van der Waals surface area contributed by atoms with E-state index in [9.17, 15) is 17.6 Å². The largest absolute Gasteiger partial charge is 0.522 e. The van der Waals surface area contributed by atoms with Crippen LogP contribution in [0.3, 0.4) is 0 Å². The van der Waals surface area contributed by atoms with Crippen LogP contribution in [0.5, 0.6) is 0 Å². The Bertz CT molecular complexity index is 674. The monoisotopic (exact) mass is 584 g/mol. The Morgan fingerprint density at radius 3 is 2.06 bits per heavy atom. The van der Waals surface area contributed by atoms with Crippen molar-refractivity contribution in [3.8, 4) is 0 Å². The van der Waals surface area contributed by atoms with Gasteiger partial charge in [0, 0.05) is 3.92 Å².